The summed E-state index contributed by atoms with van der Waals surface area (Å²) in [6.45, 7) is 0.329. The van der Waals surface area contributed by atoms with Crippen molar-refractivity contribution in [3.05, 3.63) is 60.2 Å². The molecule has 0 radical (unpaired) electrons. The van der Waals surface area contributed by atoms with Crippen molar-refractivity contribution in [2.75, 3.05) is 6.61 Å². The van der Waals surface area contributed by atoms with Gasteiger partial charge in [-0.1, -0.05) is 54.6 Å². The third kappa shape index (κ3) is 4.08. The van der Waals surface area contributed by atoms with Crippen LogP contribution in [-0.4, -0.2) is 23.7 Å². The number of carboxylic acids is 1. The van der Waals surface area contributed by atoms with Crippen molar-refractivity contribution < 1.29 is 19.4 Å². The number of aliphatic carboxylic acids is 1. The summed E-state index contributed by atoms with van der Waals surface area (Å²) in [5, 5.41) is 9.13. The van der Waals surface area contributed by atoms with E-state index in [4.69, 9.17) is 9.84 Å². The van der Waals surface area contributed by atoms with Crippen LogP contribution >= 0.6 is 0 Å². The lowest BCUT2D eigenvalue weighted by atomic mass is 9.78. The van der Waals surface area contributed by atoms with Gasteiger partial charge < -0.3 is 9.84 Å². The van der Waals surface area contributed by atoms with E-state index in [1.807, 2.05) is 24.3 Å². The lowest BCUT2D eigenvalue weighted by molar-refractivity contribution is -0.152. The Morgan fingerprint density at radius 2 is 1.84 bits per heavy atom. The summed E-state index contributed by atoms with van der Waals surface area (Å²) in [7, 11) is 0. The lowest BCUT2D eigenvalue weighted by Crippen LogP contribution is -2.29. The van der Waals surface area contributed by atoms with Crippen LogP contribution in [0.3, 0.4) is 0 Å². The molecule has 2 aromatic rings. The highest BCUT2D eigenvalue weighted by Crippen LogP contribution is 2.39. The molecule has 4 heteroatoms. The Kier molecular flexibility index (Phi) is 5.17. The molecule has 1 saturated heterocycles. The average molecular weight is 338 g/mol. The summed E-state index contributed by atoms with van der Waals surface area (Å²) in [5.74, 6) is -1.29. The van der Waals surface area contributed by atoms with E-state index in [0.717, 1.165) is 12.8 Å². The van der Waals surface area contributed by atoms with E-state index in [2.05, 4.69) is 30.3 Å². The number of esters is 1. The molecule has 1 unspecified atom stereocenters. The van der Waals surface area contributed by atoms with Crippen LogP contribution in [0.4, 0.5) is 0 Å². The van der Waals surface area contributed by atoms with E-state index >= 15 is 0 Å². The number of rotatable bonds is 7. The zero-order valence-corrected chi connectivity index (χ0v) is 14.1. The molecular weight excluding hydrogens is 316 g/mol. The average Bonchev–Trinajstić information content (AvgIpc) is 2.96. The number of carboxylic acid groups (broad SMARTS) is 1. The topological polar surface area (TPSA) is 63.6 Å². The fourth-order valence-electron chi connectivity index (χ4n) is 3.53. The van der Waals surface area contributed by atoms with Crippen LogP contribution in [0, 0.1) is 5.41 Å². The van der Waals surface area contributed by atoms with Crippen molar-refractivity contribution in [2.45, 2.75) is 32.1 Å². The monoisotopic (exact) mass is 338 g/mol. The van der Waals surface area contributed by atoms with Crippen LogP contribution in [0.15, 0.2) is 54.6 Å². The molecule has 0 amide bonds. The normalized spacial score (nSPS) is 19.6. The quantitative estimate of drug-likeness (QED) is 0.773. The number of ether oxygens (including phenoxy) is 1. The minimum atomic E-state index is -0.940. The van der Waals surface area contributed by atoms with Crippen molar-refractivity contribution in [2.24, 2.45) is 5.41 Å². The molecule has 1 aliphatic heterocycles. The fraction of sp³-hybridized carbons (Fsp3) is 0.333. The zero-order valence-electron chi connectivity index (χ0n) is 14.1. The van der Waals surface area contributed by atoms with Crippen LogP contribution in [0.2, 0.25) is 0 Å². The van der Waals surface area contributed by atoms with Crippen molar-refractivity contribution in [1.82, 2.24) is 0 Å². The lowest BCUT2D eigenvalue weighted by Gasteiger charge is -2.22. The van der Waals surface area contributed by atoms with Crippen LogP contribution in [0.25, 0.3) is 11.1 Å². The fourth-order valence-corrected chi connectivity index (χ4v) is 3.53. The van der Waals surface area contributed by atoms with E-state index in [1.54, 1.807) is 0 Å². The van der Waals surface area contributed by atoms with Crippen molar-refractivity contribution in [3.8, 4) is 11.1 Å². The van der Waals surface area contributed by atoms with Crippen molar-refractivity contribution in [3.63, 3.8) is 0 Å². The molecule has 0 spiro atoms. The van der Waals surface area contributed by atoms with Crippen LogP contribution in [0.1, 0.15) is 31.2 Å². The van der Waals surface area contributed by atoms with Gasteiger partial charge in [-0.3, -0.25) is 9.59 Å². The van der Waals surface area contributed by atoms with Crippen LogP contribution in [-0.2, 0) is 20.7 Å². The first-order chi connectivity index (χ1) is 12.1. The second kappa shape index (κ2) is 7.51. The molecule has 2 aromatic carbocycles. The Morgan fingerprint density at radius 3 is 2.52 bits per heavy atom. The Labute approximate surface area is 147 Å². The van der Waals surface area contributed by atoms with Gasteiger partial charge in [0.1, 0.15) is 0 Å². The largest absolute Gasteiger partial charge is 0.481 e. The van der Waals surface area contributed by atoms with Gasteiger partial charge in [-0.05, 0) is 42.4 Å². The molecule has 3 rings (SSSR count). The molecule has 25 heavy (non-hydrogen) atoms. The molecule has 0 saturated carbocycles. The maximum Gasteiger partial charge on any atom is 0.312 e. The third-order valence-corrected chi connectivity index (χ3v) is 4.89. The number of carbonyl (C=O) groups excluding carboxylic acids is 1. The van der Waals surface area contributed by atoms with Gasteiger partial charge in [0, 0.05) is 0 Å². The highest BCUT2D eigenvalue weighted by Gasteiger charge is 2.45. The maximum absolute atomic E-state index is 12.0. The maximum atomic E-state index is 12.0. The van der Waals surface area contributed by atoms with E-state index < -0.39 is 11.4 Å². The van der Waals surface area contributed by atoms with Gasteiger partial charge in [0.05, 0.1) is 18.4 Å². The summed E-state index contributed by atoms with van der Waals surface area (Å²) in [6, 6.07) is 18.5. The summed E-state index contributed by atoms with van der Waals surface area (Å²) in [5.41, 5.74) is 2.69. The molecule has 1 N–H and O–H groups in total. The molecule has 1 fully saturated rings. The van der Waals surface area contributed by atoms with E-state index in [1.165, 1.54) is 16.7 Å². The predicted molar refractivity (Wildman–Crippen MR) is 95.1 cm³/mol. The molecular formula is C21H22O4. The first-order valence-corrected chi connectivity index (χ1v) is 8.62. The number of carbonyl (C=O) groups is 2. The highest BCUT2D eigenvalue weighted by atomic mass is 16.5. The molecule has 0 aliphatic carbocycles. The Hall–Kier alpha value is -2.62. The number of hydrogen-bond acceptors (Lipinski definition) is 3. The summed E-state index contributed by atoms with van der Waals surface area (Å²) in [4.78, 5) is 23.2. The van der Waals surface area contributed by atoms with Gasteiger partial charge in [-0.2, -0.15) is 0 Å². The molecule has 0 aromatic heterocycles. The van der Waals surface area contributed by atoms with Gasteiger partial charge in [0.15, 0.2) is 0 Å². The second-order valence-electron chi connectivity index (χ2n) is 6.66. The molecule has 1 atom stereocenters. The number of cyclic esters (lactones) is 1. The number of benzene rings is 2. The smallest absolute Gasteiger partial charge is 0.312 e. The Bertz CT molecular complexity index is 754. The predicted octanol–water partition coefficient (Wildman–Crippen LogP) is 4.08. The SMILES string of the molecule is O=C(O)CC1(CCCc2cccc(-c3ccccc3)c2)CCOC1=O. The van der Waals surface area contributed by atoms with Gasteiger partial charge in [0.25, 0.3) is 0 Å². The van der Waals surface area contributed by atoms with Crippen LogP contribution in [0.5, 0.6) is 0 Å². The Morgan fingerprint density at radius 1 is 1.08 bits per heavy atom. The highest BCUT2D eigenvalue weighted by molar-refractivity contribution is 5.84. The van der Waals surface area contributed by atoms with E-state index in [0.29, 0.717) is 19.4 Å². The first-order valence-electron chi connectivity index (χ1n) is 8.62. The van der Waals surface area contributed by atoms with Crippen molar-refractivity contribution >= 4 is 11.9 Å². The van der Waals surface area contributed by atoms with Crippen LogP contribution < -0.4 is 0 Å². The second-order valence-corrected chi connectivity index (χ2v) is 6.66. The third-order valence-electron chi connectivity index (χ3n) is 4.89. The number of hydrogen-bond donors (Lipinski definition) is 1. The summed E-state index contributed by atoms with van der Waals surface area (Å²) in [6.07, 6.45) is 2.49. The van der Waals surface area contributed by atoms with Gasteiger partial charge in [0.2, 0.25) is 0 Å². The van der Waals surface area contributed by atoms with E-state index in [9.17, 15) is 9.59 Å². The number of aryl methyl sites for hydroxylation is 1. The van der Waals surface area contributed by atoms with Gasteiger partial charge in [-0.15, -0.1) is 0 Å². The minimum absolute atomic E-state index is 0.143. The summed E-state index contributed by atoms with van der Waals surface area (Å²) < 4.78 is 5.05. The molecule has 130 valence electrons. The zero-order chi connectivity index (χ0) is 17.7. The first kappa shape index (κ1) is 17.2. The van der Waals surface area contributed by atoms with Gasteiger partial charge >= 0.3 is 11.9 Å². The standard InChI is InChI=1S/C21H22O4/c22-19(23)15-21(12-13-25-20(21)24)11-5-7-16-6-4-10-18(14-16)17-8-2-1-3-9-17/h1-4,6,8-10,14H,5,7,11-13,15H2,(H,22,23). The van der Waals surface area contributed by atoms with E-state index in [-0.39, 0.29) is 12.4 Å². The van der Waals surface area contributed by atoms with Gasteiger partial charge in [-0.25, -0.2) is 0 Å². The molecule has 1 heterocycles. The Balaban J connectivity index is 1.65. The molecule has 4 nitrogen and oxygen atoms in total. The summed E-state index contributed by atoms with van der Waals surface area (Å²) >= 11 is 0. The van der Waals surface area contributed by atoms with Crippen molar-refractivity contribution in [1.29, 1.82) is 0 Å². The molecule has 1 aliphatic rings. The molecule has 0 bridgehead atoms. The minimum Gasteiger partial charge on any atom is -0.481 e.